The number of fused-ring (bicyclic) bond motifs is 8. The van der Waals surface area contributed by atoms with Gasteiger partial charge in [0.05, 0.1) is 0 Å². The summed E-state index contributed by atoms with van der Waals surface area (Å²) < 4.78 is 0. The van der Waals surface area contributed by atoms with E-state index in [9.17, 15) is 0 Å². The molecule has 0 spiro atoms. The minimum absolute atomic E-state index is 1.02. The molecular formula is C32H26S2. The summed E-state index contributed by atoms with van der Waals surface area (Å²) in [6.45, 7) is 0. The lowest BCUT2D eigenvalue weighted by Gasteiger charge is -2.29. The summed E-state index contributed by atoms with van der Waals surface area (Å²) in [5, 5.41) is 8.51. The maximum absolute atomic E-state index is 2.52. The summed E-state index contributed by atoms with van der Waals surface area (Å²) in [4.78, 5) is 6.14. The SMILES string of the molecule is CS1(C)c2ccccc2-c2c1cc1ccc3cc4c(c5ccc2c1c35)-c1ccccc1S4(C)C. The van der Waals surface area contributed by atoms with Gasteiger partial charge in [-0.1, -0.05) is 60.7 Å². The van der Waals surface area contributed by atoms with Crippen LogP contribution in [0, 0.1) is 0 Å². The second-order valence-corrected chi connectivity index (χ2v) is 17.6. The van der Waals surface area contributed by atoms with Crippen molar-refractivity contribution in [3.63, 3.8) is 0 Å². The molecule has 0 unspecified atom stereocenters. The fourth-order valence-corrected chi connectivity index (χ4v) is 11.8. The van der Waals surface area contributed by atoms with Crippen molar-refractivity contribution in [3.8, 4) is 22.3 Å². The van der Waals surface area contributed by atoms with Gasteiger partial charge < -0.3 is 0 Å². The second kappa shape index (κ2) is 6.00. The summed E-state index contributed by atoms with van der Waals surface area (Å²) in [5.74, 6) is 0. The zero-order valence-electron chi connectivity index (χ0n) is 19.9. The Labute approximate surface area is 203 Å². The molecule has 0 bridgehead atoms. The normalized spacial score (nSPS) is 18.6. The molecule has 2 aliphatic rings. The van der Waals surface area contributed by atoms with E-state index in [1.54, 1.807) is 9.79 Å². The molecule has 0 atom stereocenters. The number of rotatable bonds is 0. The predicted octanol–water partition coefficient (Wildman–Crippen LogP) is 9.51. The van der Waals surface area contributed by atoms with Gasteiger partial charge in [-0.05, 0) is 92.7 Å². The van der Waals surface area contributed by atoms with Crippen LogP contribution in [-0.4, -0.2) is 25.0 Å². The third-order valence-corrected chi connectivity index (χ3v) is 14.1. The lowest BCUT2D eigenvalue weighted by Crippen LogP contribution is -1.95. The summed E-state index contributed by atoms with van der Waals surface area (Å²) in [6, 6.07) is 32.9. The first-order valence-corrected chi connectivity index (χ1v) is 16.7. The van der Waals surface area contributed by atoms with Gasteiger partial charge >= 0.3 is 0 Å². The zero-order chi connectivity index (χ0) is 23.0. The van der Waals surface area contributed by atoms with Crippen LogP contribution in [0.5, 0.6) is 0 Å². The molecule has 8 rings (SSSR count). The third-order valence-electron chi connectivity index (χ3n) is 8.34. The molecule has 6 aromatic carbocycles. The molecule has 0 aromatic heterocycles. The van der Waals surface area contributed by atoms with Crippen LogP contribution in [0.3, 0.4) is 0 Å². The van der Waals surface area contributed by atoms with Crippen molar-refractivity contribution < 1.29 is 0 Å². The Morgan fingerprint density at radius 1 is 0.441 bits per heavy atom. The number of hydrogen-bond donors (Lipinski definition) is 0. The van der Waals surface area contributed by atoms with Crippen LogP contribution < -0.4 is 0 Å². The predicted molar refractivity (Wildman–Crippen MR) is 153 cm³/mol. The molecule has 2 heterocycles. The van der Waals surface area contributed by atoms with E-state index in [1.165, 1.54) is 64.4 Å². The topological polar surface area (TPSA) is 0 Å². The Balaban J connectivity index is 1.59. The average molecular weight is 475 g/mol. The summed E-state index contributed by atoms with van der Waals surface area (Å²) in [7, 11) is -2.03. The molecule has 0 N–H and O–H groups in total. The van der Waals surface area contributed by atoms with E-state index in [1.807, 2.05) is 0 Å². The van der Waals surface area contributed by atoms with Gasteiger partial charge in [-0.25, -0.2) is 0 Å². The Kier molecular flexibility index (Phi) is 3.42. The average Bonchev–Trinajstić information content (AvgIpc) is 3.22. The van der Waals surface area contributed by atoms with E-state index in [0.717, 1.165) is 0 Å². The molecule has 166 valence electrons. The maximum Gasteiger partial charge on any atom is 0.00303 e. The van der Waals surface area contributed by atoms with Crippen LogP contribution >= 0.6 is 20.1 Å². The standard InChI is InChI=1S/C32H26S2/c1-33(2)25-11-7-5-9-21(25)31-23-15-16-24-30-20(14-13-19(29(23)30)17-27(31)33)18-28-32(24)22-10-6-8-12-26(22)34(28,3)4/h5-18H,1-4H3. The zero-order valence-corrected chi connectivity index (χ0v) is 21.5. The first kappa shape index (κ1) is 19.4. The van der Waals surface area contributed by atoms with Gasteiger partial charge in [-0.2, -0.15) is 20.1 Å². The monoisotopic (exact) mass is 474 g/mol. The van der Waals surface area contributed by atoms with Crippen molar-refractivity contribution in [2.24, 2.45) is 0 Å². The van der Waals surface area contributed by atoms with Crippen molar-refractivity contribution in [2.45, 2.75) is 19.6 Å². The fourth-order valence-electron chi connectivity index (χ4n) is 6.73. The van der Waals surface area contributed by atoms with Gasteiger partial charge in [-0.15, -0.1) is 0 Å². The van der Waals surface area contributed by atoms with E-state index in [-0.39, 0.29) is 0 Å². The molecule has 34 heavy (non-hydrogen) atoms. The quantitative estimate of drug-likeness (QED) is 0.192. The highest BCUT2D eigenvalue weighted by atomic mass is 32.3. The van der Waals surface area contributed by atoms with Crippen molar-refractivity contribution in [2.75, 3.05) is 25.0 Å². The Morgan fingerprint density at radius 2 is 0.853 bits per heavy atom. The second-order valence-electron chi connectivity index (χ2n) is 10.6. The van der Waals surface area contributed by atoms with E-state index in [2.05, 4.69) is 110 Å². The molecule has 0 aliphatic carbocycles. The van der Waals surface area contributed by atoms with Gasteiger partial charge in [0.1, 0.15) is 0 Å². The summed E-state index contributed by atoms with van der Waals surface area (Å²) in [6.07, 6.45) is 9.85. The lowest BCUT2D eigenvalue weighted by atomic mass is 9.87. The van der Waals surface area contributed by atoms with Gasteiger partial charge in [0, 0.05) is 30.7 Å². The van der Waals surface area contributed by atoms with Crippen LogP contribution in [0.25, 0.3) is 54.6 Å². The number of hydrogen-bond acceptors (Lipinski definition) is 0. The van der Waals surface area contributed by atoms with E-state index in [0.29, 0.717) is 0 Å². The van der Waals surface area contributed by atoms with E-state index in [4.69, 9.17) is 0 Å². The Morgan fingerprint density at radius 3 is 1.29 bits per heavy atom. The molecule has 0 fully saturated rings. The lowest BCUT2D eigenvalue weighted by molar-refractivity contribution is 1.47. The van der Waals surface area contributed by atoms with Gasteiger partial charge in [0.15, 0.2) is 0 Å². The smallest absolute Gasteiger partial charge is 0.00303 e. The van der Waals surface area contributed by atoms with Crippen LogP contribution in [0.4, 0.5) is 0 Å². The van der Waals surface area contributed by atoms with Crippen LogP contribution in [0.15, 0.2) is 105 Å². The highest BCUT2D eigenvalue weighted by Gasteiger charge is 2.36. The van der Waals surface area contributed by atoms with Crippen LogP contribution in [0.2, 0.25) is 0 Å². The molecule has 2 aliphatic heterocycles. The molecule has 0 nitrogen and oxygen atoms in total. The molecular weight excluding hydrogens is 448 g/mol. The van der Waals surface area contributed by atoms with Crippen LogP contribution in [0.1, 0.15) is 0 Å². The first-order chi connectivity index (χ1) is 16.4. The summed E-state index contributed by atoms with van der Waals surface area (Å²) >= 11 is 0. The number of benzene rings is 6. The highest BCUT2D eigenvalue weighted by molar-refractivity contribution is 8.33. The minimum Gasteiger partial charge on any atom is -0.192 e. The van der Waals surface area contributed by atoms with Crippen molar-refractivity contribution in [1.82, 2.24) is 0 Å². The Hall–Kier alpha value is -2.94. The fraction of sp³-hybridized carbons (Fsp3) is 0.125. The molecule has 0 saturated carbocycles. The molecule has 0 amide bonds. The van der Waals surface area contributed by atoms with Crippen molar-refractivity contribution in [3.05, 3.63) is 84.9 Å². The van der Waals surface area contributed by atoms with Gasteiger partial charge in [0.25, 0.3) is 0 Å². The van der Waals surface area contributed by atoms with E-state index >= 15 is 0 Å². The van der Waals surface area contributed by atoms with Gasteiger partial charge in [0.2, 0.25) is 0 Å². The molecule has 0 saturated heterocycles. The van der Waals surface area contributed by atoms with Gasteiger partial charge in [-0.3, -0.25) is 0 Å². The van der Waals surface area contributed by atoms with Crippen molar-refractivity contribution >= 4 is 52.4 Å². The Bertz CT molecular complexity index is 1720. The molecule has 6 aromatic rings. The first-order valence-electron chi connectivity index (χ1n) is 11.8. The minimum atomic E-state index is -1.02. The summed E-state index contributed by atoms with van der Waals surface area (Å²) in [5.41, 5.74) is 5.84. The highest BCUT2D eigenvalue weighted by Crippen LogP contribution is 2.71. The largest absolute Gasteiger partial charge is 0.192 e. The third kappa shape index (κ3) is 2.07. The molecule has 2 heteroatoms. The van der Waals surface area contributed by atoms with Crippen LogP contribution in [-0.2, 0) is 0 Å². The molecule has 0 radical (unpaired) electrons. The maximum atomic E-state index is 2.52. The van der Waals surface area contributed by atoms with E-state index < -0.39 is 20.1 Å². The van der Waals surface area contributed by atoms with Crippen molar-refractivity contribution in [1.29, 1.82) is 0 Å².